The van der Waals surface area contributed by atoms with E-state index in [1.807, 2.05) is 42.5 Å². The first kappa shape index (κ1) is 24.5. The Kier molecular flexibility index (Phi) is 7.23. The van der Waals surface area contributed by atoms with Crippen molar-refractivity contribution in [2.45, 2.75) is 20.8 Å². The van der Waals surface area contributed by atoms with Gasteiger partial charge in [0.25, 0.3) is 0 Å². The van der Waals surface area contributed by atoms with E-state index in [-0.39, 0.29) is 19.5 Å². The van der Waals surface area contributed by atoms with E-state index in [2.05, 4.69) is 94.9 Å². The number of nitrogens with one attached hydrogen (secondary N) is 2. The quantitative estimate of drug-likeness (QED) is 0.191. The minimum absolute atomic E-state index is 0. The molecule has 0 amide bonds. The second-order valence-corrected chi connectivity index (χ2v) is 8.73. The Hall–Kier alpha value is -3.63. The van der Waals surface area contributed by atoms with Crippen LogP contribution in [0.2, 0.25) is 0 Å². The average Bonchev–Trinajstić information content (AvgIpc) is 3.61. The van der Waals surface area contributed by atoms with Crippen molar-refractivity contribution in [2.24, 2.45) is 7.05 Å². The van der Waals surface area contributed by atoms with E-state index < -0.39 is 0 Å². The summed E-state index contributed by atoms with van der Waals surface area (Å²) in [4.78, 5) is 16.0. The zero-order valence-electron chi connectivity index (χ0n) is 20.6. The van der Waals surface area contributed by atoms with Crippen LogP contribution in [0.3, 0.4) is 0 Å². The minimum atomic E-state index is 0. The molecule has 0 saturated carbocycles. The van der Waals surface area contributed by atoms with Gasteiger partial charge in [0.05, 0.1) is 22.8 Å². The van der Waals surface area contributed by atoms with Crippen molar-refractivity contribution in [3.05, 3.63) is 100 Å². The fraction of sp³-hybridized carbons (Fsp3) is 0.138. The Morgan fingerprint density at radius 3 is 1.49 bits per heavy atom. The fourth-order valence-corrected chi connectivity index (χ4v) is 3.95. The molecule has 2 aliphatic rings. The van der Waals surface area contributed by atoms with Crippen molar-refractivity contribution < 1.29 is 24.0 Å². The normalized spacial score (nSPS) is 11.5. The Bertz CT molecular complexity index is 1490. The van der Waals surface area contributed by atoms with Crippen LogP contribution in [0.5, 0.6) is 0 Å². The molecule has 4 aromatic rings. The number of fused-ring (bicyclic) bond motifs is 8. The van der Waals surface area contributed by atoms with E-state index >= 15 is 0 Å². The molecule has 0 saturated heterocycles. The first-order valence-electron chi connectivity index (χ1n) is 11.4. The smallest absolute Gasteiger partial charge is 0.355 e. The standard InChI is InChI=1S/C20H14N4.C9H14N.Zn/c1-2-14-10-16-5-6-18(23-16)12-20-8-7-19(24-20)11-17-4-3-15(22-17)9-13(1)21-14;1-7-5-6-10(4)9(3)8(7)2;/h1-12,21-22H;5-6H,1-4H3;/q;+1;+2. The predicted octanol–water partition coefficient (Wildman–Crippen LogP) is 6.09. The van der Waals surface area contributed by atoms with E-state index in [0.29, 0.717) is 0 Å². The van der Waals surface area contributed by atoms with Crippen LogP contribution in [-0.2, 0) is 26.5 Å². The second-order valence-electron chi connectivity index (χ2n) is 8.73. The molecule has 0 unspecified atom stereocenters. The Morgan fingerprint density at radius 2 is 1.03 bits per heavy atom. The zero-order chi connectivity index (χ0) is 23.7. The molecule has 0 atom stereocenters. The molecule has 5 nitrogen and oxygen atoms in total. The molecule has 6 heterocycles. The molecular weight excluding hydrogens is 484 g/mol. The van der Waals surface area contributed by atoms with Gasteiger partial charge in [-0.3, -0.25) is 0 Å². The molecular formula is C29H28N5Zn+3. The maximum atomic E-state index is 4.62. The summed E-state index contributed by atoms with van der Waals surface area (Å²) >= 11 is 0. The third-order valence-corrected chi connectivity index (χ3v) is 6.25. The predicted molar refractivity (Wildman–Crippen MR) is 141 cm³/mol. The van der Waals surface area contributed by atoms with Crippen LogP contribution in [-0.4, -0.2) is 19.9 Å². The Morgan fingerprint density at radius 1 is 0.600 bits per heavy atom. The molecule has 2 N–H and O–H groups in total. The molecule has 0 fully saturated rings. The van der Waals surface area contributed by atoms with Crippen LogP contribution in [0.15, 0.2) is 60.8 Å². The van der Waals surface area contributed by atoms with E-state index in [1.165, 1.54) is 16.8 Å². The van der Waals surface area contributed by atoms with Crippen LogP contribution in [0, 0.1) is 20.8 Å². The third kappa shape index (κ3) is 5.72. The monoisotopic (exact) mass is 510 g/mol. The Labute approximate surface area is 218 Å². The molecule has 6 rings (SSSR count). The maximum absolute atomic E-state index is 4.62. The van der Waals surface area contributed by atoms with Gasteiger partial charge in [0.15, 0.2) is 11.9 Å². The summed E-state index contributed by atoms with van der Waals surface area (Å²) in [6.07, 6.45) is 10.1. The molecule has 0 aromatic carbocycles. The van der Waals surface area contributed by atoms with Gasteiger partial charge in [0.1, 0.15) is 7.05 Å². The van der Waals surface area contributed by atoms with Gasteiger partial charge in [-0.05, 0) is 92.2 Å². The largest absolute Gasteiger partial charge is 2.00 e. The van der Waals surface area contributed by atoms with E-state index in [0.717, 1.165) is 44.8 Å². The number of nitrogens with zero attached hydrogens (tertiary/aromatic N) is 3. The molecule has 0 radical (unpaired) electrons. The number of hydrogen-bond acceptors (Lipinski definition) is 2. The van der Waals surface area contributed by atoms with Crippen LogP contribution in [0.25, 0.3) is 46.4 Å². The summed E-state index contributed by atoms with van der Waals surface area (Å²) in [5, 5.41) is 0. The summed E-state index contributed by atoms with van der Waals surface area (Å²) in [5.74, 6) is 0. The number of aryl methyl sites for hydroxylation is 2. The zero-order valence-corrected chi connectivity index (χ0v) is 23.6. The van der Waals surface area contributed by atoms with Gasteiger partial charge in [0, 0.05) is 40.6 Å². The van der Waals surface area contributed by atoms with Crippen molar-refractivity contribution in [3.63, 3.8) is 0 Å². The molecule has 8 bridgehead atoms. The SMILES string of the molecule is C1=Cc2cc3ccc(cc4ccc(cc5nc(cc1n2)C=C5)[nH]4)[nH]3.Cc1cc[n+](C)c(C)c1C.[Zn+2]. The molecule has 168 valence electrons. The van der Waals surface area contributed by atoms with Crippen molar-refractivity contribution in [3.8, 4) is 0 Å². The summed E-state index contributed by atoms with van der Waals surface area (Å²) in [5.41, 5.74) is 12.0. The van der Waals surface area contributed by atoms with Crippen LogP contribution in [0.1, 0.15) is 39.6 Å². The average molecular weight is 512 g/mol. The van der Waals surface area contributed by atoms with Crippen molar-refractivity contribution in [1.29, 1.82) is 0 Å². The molecule has 6 heteroatoms. The summed E-state index contributed by atoms with van der Waals surface area (Å²) in [7, 11) is 2.07. The van der Waals surface area contributed by atoms with Crippen LogP contribution >= 0.6 is 0 Å². The van der Waals surface area contributed by atoms with E-state index in [1.54, 1.807) is 0 Å². The van der Waals surface area contributed by atoms with Crippen molar-refractivity contribution in [2.75, 3.05) is 0 Å². The number of H-pyrrole nitrogens is 2. The van der Waals surface area contributed by atoms with Gasteiger partial charge in [-0.15, -0.1) is 0 Å². The first-order valence-corrected chi connectivity index (χ1v) is 11.4. The molecule has 2 aliphatic heterocycles. The van der Waals surface area contributed by atoms with Crippen molar-refractivity contribution >= 4 is 46.4 Å². The van der Waals surface area contributed by atoms with Gasteiger partial charge in [0.2, 0.25) is 0 Å². The topological polar surface area (TPSA) is 61.2 Å². The molecule has 35 heavy (non-hydrogen) atoms. The summed E-state index contributed by atoms with van der Waals surface area (Å²) in [6.45, 7) is 6.44. The van der Waals surface area contributed by atoms with Gasteiger partial charge < -0.3 is 9.97 Å². The maximum Gasteiger partial charge on any atom is 2.00 e. The van der Waals surface area contributed by atoms with Crippen LogP contribution < -0.4 is 4.57 Å². The van der Waals surface area contributed by atoms with Gasteiger partial charge in [-0.25, -0.2) is 14.5 Å². The molecule has 4 aromatic heterocycles. The number of hydrogen-bond donors (Lipinski definition) is 2. The third-order valence-electron chi connectivity index (χ3n) is 6.25. The minimum Gasteiger partial charge on any atom is -0.355 e. The number of pyridine rings is 1. The first-order chi connectivity index (χ1) is 16.4. The Balaban J connectivity index is 0.000000224. The number of rotatable bonds is 0. The number of aromatic nitrogens is 5. The van der Waals surface area contributed by atoms with Gasteiger partial charge in [-0.2, -0.15) is 0 Å². The second kappa shape index (κ2) is 10.3. The van der Waals surface area contributed by atoms with Gasteiger partial charge in [-0.1, -0.05) is 0 Å². The fourth-order valence-electron chi connectivity index (χ4n) is 3.95. The van der Waals surface area contributed by atoms with Gasteiger partial charge >= 0.3 is 19.5 Å². The van der Waals surface area contributed by atoms with Crippen molar-refractivity contribution in [1.82, 2.24) is 19.9 Å². The summed E-state index contributed by atoms with van der Waals surface area (Å²) in [6, 6.07) is 18.5. The summed E-state index contributed by atoms with van der Waals surface area (Å²) < 4.78 is 2.14. The molecule has 0 aliphatic carbocycles. The number of aromatic amines is 2. The van der Waals surface area contributed by atoms with E-state index in [4.69, 9.17) is 0 Å². The van der Waals surface area contributed by atoms with Crippen LogP contribution in [0.4, 0.5) is 0 Å². The molecule has 0 spiro atoms. The van der Waals surface area contributed by atoms with E-state index in [9.17, 15) is 0 Å².